The van der Waals surface area contributed by atoms with Crippen molar-refractivity contribution in [2.75, 3.05) is 5.32 Å². The number of furan rings is 1. The molecule has 0 spiro atoms. The third kappa shape index (κ3) is 3.30. The van der Waals surface area contributed by atoms with Crippen LogP contribution in [0.15, 0.2) is 59.0 Å². The van der Waals surface area contributed by atoms with Gasteiger partial charge in [-0.2, -0.15) is 0 Å². The van der Waals surface area contributed by atoms with Crippen molar-refractivity contribution in [3.8, 4) is 11.3 Å². The van der Waals surface area contributed by atoms with Crippen LogP contribution < -0.4 is 5.32 Å². The number of aryl methyl sites for hydroxylation is 1. The lowest BCUT2D eigenvalue weighted by Gasteiger charge is -2.09. The summed E-state index contributed by atoms with van der Waals surface area (Å²) in [4.78, 5) is 10.9. The molecule has 5 heteroatoms. The van der Waals surface area contributed by atoms with Gasteiger partial charge in [0, 0.05) is 5.69 Å². The summed E-state index contributed by atoms with van der Waals surface area (Å²) >= 11 is 0. The topological polar surface area (TPSA) is 62.5 Å². The first-order valence-electron chi connectivity index (χ1n) is 7.46. The monoisotopic (exact) mass is 325 g/mol. The molecule has 0 aliphatic rings. The van der Waals surface area contributed by atoms with Crippen LogP contribution >= 0.6 is 0 Å². The zero-order valence-electron chi connectivity index (χ0n) is 13.0. The number of carboxylic acids is 1. The van der Waals surface area contributed by atoms with Crippen LogP contribution in [0.5, 0.6) is 0 Å². The lowest BCUT2D eigenvalue weighted by molar-refractivity contribution is 0.0697. The quantitative estimate of drug-likeness (QED) is 0.713. The van der Waals surface area contributed by atoms with Crippen LogP contribution in [0, 0.1) is 12.7 Å². The van der Waals surface area contributed by atoms with Gasteiger partial charge in [0.05, 0.1) is 17.7 Å². The van der Waals surface area contributed by atoms with Crippen LogP contribution in [0.4, 0.5) is 10.1 Å². The number of carbonyl (C=O) groups is 1. The minimum absolute atomic E-state index is 0.248. The molecule has 0 unspecified atom stereocenters. The zero-order valence-corrected chi connectivity index (χ0v) is 13.0. The molecule has 0 amide bonds. The van der Waals surface area contributed by atoms with Gasteiger partial charge in [-0.3, -0.25) is 0 Å². The summed E-state index contributed by atoms with van der Waals surface area (Å²) in [7, 11) is 0. The summed E-state index contributed by atoms with van der Waals surface area (Å²) in [6.07, 6.45) is 0. The Bertz CT molecular complexity index is 886. The van der Waals surface area contributed by atoms with Gasteiger partial charge >= 0.3 is 5.97 Å². The molecular weight excluding hydrogens is 309 g/mol. The van der Waals surface area contributed by atoms with E-state index in [0.29, 0.717) is 23.6 Å². The molecule has 0 aliphatic heterocycles. The molecule has 3 aromatic rings. The number of rotatable bonds is 5. The van der Waals surface area contributed by atoms with E-state index in [2.05, 4.69) is 5.32 Å². The number of hydrogen-bond donors (Lipinski definition) is 2. The fourth-order valence-electron chi connectivity index (χ4n) is 2.46. The van der Waals surface area contributed by atoms with Crippen molar-refractivity contribution in [2.24, 2.45) is 0 Å². The van der Waals surface area contributed by atoms with E-state index >= 15 is 0 Å². The molecule has 3 rings (SSSR count). The molecule has 1 heterocycles. The fraction of sp³-hybridized carbons (Fsp3) is 0.105. The van der Waals surface area contributed by atoms with Crippen molar-refractivity contribution in [2.45, 2.75) is 13.5 Å². The SMILES string of the molecule is Cc1cc(C(=O)O)ccc1NCc1ccc(-c2ccccc2F)o1. The van der Waals surface area contributed by atoms with Crippen LogP contribution in [-0.2, 0) is 6.54 Å². The van der Waals surface area contributed by atoms with E-state index in [1.165, 1.54) is 6.07 Å². The highest BCUT2D eigenvalue weighted by atomic mass is 19.1. The highest BCUT2D eigenvalue weighted by Gasteiger charge is 2.10. The number of benzene rings is 2. The van der Waals surface area contributed by atoms with Crippen LogP contribution in [0.2, 0.25) is 0 Å². The molecule has 0 fully saturated rings. The molecule has 2 N–H and O–H groups in total. The molecule has 0 atom stereocenters. The van der Waals surface area contributed by atoms with Crippen LogP contribution in [0.3, 0.4) is 0 Å². The minimum Gasteiger partial charge on any atom is -0.478 e. The lowest BCUT2D eigenvalue weighted by atomic mass is 10.1. The lowest BCUT2D eigenvalue weighted by Crippen LogP contribution is -2.02. The van der Waals surface area contributed by atoms with Crippen molar-refractivity contribution in [3.05, 3.63) is 77.3 Å². The molecule has 122 valence electrons. The second-order valence-electron chi connectivity index (χ2n) is 5.43. The van der Waals surface area contributed by atoms with Crippen LogP contribution in [-0.4, -0.2) is 11.1 Å². The normalized spacial score (nSPS) is 10.6. The van der Waals surface area contributed by atoms with Gasteiger partial charge in [-0.15, -0.1) is 0 Å². The molecule has 0 bridgehead atoms. The highest BCUT2D eigenvalue weighted by Crippen LogP contribution is 2.25. The summed E-state index contributed by atoms with van der Waals surface area (Å²) in [5, 5.41) is 12.2. The van der Waals surface area contributed by atoms with Crippen molar-refractivity contribution in [3.63, 3.8) is 0 Å². The predicted molar refractivity (Wildman–Crippen MR) is 89.6 cm³/mol. The Morgan fingerprint density at radius 2 is 1.96 bits per heavy atom. The van der Waals surface area contributed by atoms with Gasteiger partial charge in [-0.05, 0) is 55.0 Å². The fourth-order valence-corrected chi connectivity index (χ4v) is 2.46. The van der Waals surface area contributed by atoms with Crippen molar-refractivity contribution < 1.29 is 18.7 Å². The summed E-state index contributed by atoms with van der Waals surface area (Å²) in [5.74, 6) is -0.144. The van der Waals surface area contributed by atoms with Crippen LogP contribution in [0.1, 0.15) is 21.7 Å². The largest absolute Gasteiger partial charge is 0.478 e. The molecule has 0 saturated carbocycles. The first-order chi connectivity index (χ1) is 11.5. The maximum absolute atomic E-state index is 13.8. The van der Waals surface area contributed by atoms with Gasteiger partial charge in [0.25, 0.3) is 0 Å². The maximum atomic E-state index is 13.8. The number of hydrogen-bond acceptors (Lipinski definition) is 3. The molecule has 0 saturated heterocycles. The Labute approximate surface area is 138 Å². The number of nitrogens with one attached hydrogen (secondary N) is 1. The summed E-state index contributed by atoms with van der Waals surface area (Å²) < 4.78 is 19.4. The summed E-state index contributed by atoms with van der Waals surface area (Å²) in [6.45, 7) is 2.25. The zero-order chi connectivity index (χ0) is 17.1. The second kappa shape index (κ2) is 6.58. The Balaban J connectivity index is 1.72. The van der Waals surface area contributed by atoms with Crippen LogP contribution in [0.25, 0.3) is 11.3 Å². The number of carboxylic acid groups (broad SMARTS) is 1. The van der Waals surface area contributed by atoms with Gasteiger partial charge in [-0.25, -0.2) is 9.18 Å². The molecule has 4 nitrogen and oxygen atoms in total. The predicted octanol–water partition coefficient (Wildman–Crippen LogP) is 4.70. The first-order valence-corrected chi connectivity index (χ1v) is 7.46. The first kappa shape index (κ1) is 15.8. The third-order valence-corrected chi connectivity index (χ3v) is 3.73. The van der Waals surface area contributed by atoms with Gasteiger partial charge in [0.1, 0.15) is 17.3 Å². The van der Waals surface area contributed by atoms with E-state index in [0.717, 1.165) is 11.3 Å². The summed E-state index contributed by atoms with van der Waals surface area (Å²) in [6, 6.07) is 14.8. The molecular formula is C19H16FNO3. The van der Waals surface area contributed by atoms with E-state index in [1.54, 1.807) is 48.5 Å². The van der Waals surface area contributed by atoms with Crippen molar-refractivity contribution in [1.29, 1.82) is 0 Å². The molecule has 1 aromatic heterocycles. The van der Waals surface area contributed by atoms with E-state index in [1.807, 2.05) is 6.92 Å². The third-order valence-electron chi connectivity index (χ3n) is 3.73. The Morgan fingerprint density at radius 3 is 2.67 bits per heavy atom. The number of anilines is 1. The smallest absolute Gasteiger partial charge is 0.335 e. The van der Waals surface area contributed by atoms with E-state index in [-0.39, 0.29) is 11.4 Å². The summed E-state index contributed by atoms with van der Waals surface area (Å²) in [5.41, 5.74) is 2.32. The van der Waals surface area contributed by atoms with Crippen molar-refractivity contribution >= 4 is 11.7 Å². The minimum atomic E-state index is -0.954. The maximum Gasteiger partial charge on any atom is 0.335 e. The Morgan fingerprint density at radius 1 is 1.17 bits per heavy atom. The van der Waals surface area contributed by atoms with Crippen molar-refractivity contribution in [1.82, 2.24) is 0 Å². The average Bonchev–Trinajstić information content (AvgIpc) is 3.02. The van der Waals surface area contributed by atoms with E-state index < -0.39 is 5.97 Å². The molecule has 24 heavy (non-hydrogen) atoms. The second-order valence-corrected chi connectivity index (χ2v) is 5.43. The Kier molecular flexibility index (Phi) is 4.33. The molecule has 2 aromatic carbocycles. The Hall–Kier alpha value is -3.08. The highest BCUT2D eigenvalue weighted by molar-refractivity contribution is 5.88. The van der Waals surface area contributed by atoms with E-state index in [4.69, 9.17) is 9.52 Å². The van der Waals surface area contributed by atoms with Gasteiger partial charge < -0.3 is 14.8 Å². The van der Waals surface area contributed by atoms with Gasteiger partial charge in [0.2, 0.25) is 0 Å². The number of halogens is 1. The molecule has 0 radical (unpaired) electrons. The van der Waals surface area contributed by atoms with Gasteiger partial charge in [0.15, 0.2) is 0 Å². The van der Waals surface area contributed by atoms with E-state index in [9.17, 15) is 9.18 Å². The molecule has 0 aliphatic carbocycles. The average molecular weight is 325 g/mol. The number of aromatic carboxylic acids is 1. The standard InChI is InChI=1S/C19H16FNO3/c1-12-10-13(19(22)23)6-8-17(12)21-11-14-7-9-18(24-14)15-4-2-3-5-16(15)20/h2-10,21H,11H2,1H3,(H,22,23). The van der Waals surface area contributed by atoms with Gasteiger partial charge in [-0.1, -0.05) is 12.1 Å².